The summed E-state index contributed by atoms with van der Waals surface area (Å²) in [6, 6.07) is 8.04. The van der Waals surface area contributed by atoms with Gasteiger partial charge in [-0.15, -0.1) is 0 Å². The second-order valence-electron chi connectivity index (χ2n) is 5.59. The molecule has 134 valence electrons. The fraction of sp³-hybridized carbons (Fsp3) is 0.235. The smallest absolute Gasteiger partial charge is 0.321 e. The van der Waals surface area contributed by atoms with Crippen LogP contribution in [0.3, 0.4) is 0 Å². The number of nitrogens with one attached hydrogen (secondary N) is 1. The molecule has 1 amide bonds. The van der Waals surface area contributed by atoms with Crippen LogP contribution >= 0.6 is 0 Å². The molecule has 0 saturated heterocycles. The van der Waals surface area contributed by atoms with E-state index in [9.17, 15) is 9.59 Å². The highest BCUT2D eigenvalue weighted by molar-refractivity contribution is 5.93. The summed E-state index contributed by atoms with van der Waals surface area (Å²) in [4.78, 5) is 38.5. The molecule has 0 aliphatic heterocycles. The van der Waals surface area contributed by atoms with Crippen molar-refractivity contribution in [3.63, 3.8) is 0 Å². The third kappa shape index (κ3) is 3.61. The van der Waals surface area contributed by atoms with Crippen LogP contribution in [0, 0.1) is 0 Å². The maximum Gasteiger partial charge on any atom is 0.321 e. The van der Waals surface area contributed by atoms with E-state index in [4.69, 9.17) is 9.15 Å². The van der Waals surface area contributed by atoms with Gasteiger partial charge in [0.05, 0.1) is 19.0 Å². The van der Waals surface area contributed by atoms with Gasteiger partial charge in [0.2, 0.25) is 5.95 Å². The van der Waals surface area contributed by atoms with E-state index in [0.29, 0.717) is 22.7 Å². The van der Waals surface area contributed by atoms with Crippen molar-refractivity contribution in [1.29, 1.82) is 0 Å². The second kappa shape index (κ2) is 7.18. The fourth-order valence-electron chi connectivity index (χ4n) is 2.22. The Balaban J connectivity index is 1.81. The quantitative estimate of drug-likeness (QED) is 0.721. The molecule has 9 heteroatoms. The standard InChI is InChI=1S/C17H17N5O4/c1-22(2)16-19-14(20-17(21-16)25-3)9-18-15(24)13-8-11(23)10-6-4-5-7-12(10)26-13/h4-8H,9H2,1-3H3,(H,18,24). The normalized spacial score (nSPS) is 10.6. The molecule has 0 atom stereocenters. The molecule has 1 N–H and O–H groups in total. The minimum atomic E-state index is -0.543. The molecule has 2 heterocycles. The molecule has 9 nitrogen and oxygen atoms in total. The summed E-state index contributed by atoms with van der Waals surface area (Å²) in [6.07, 6.45) is 0. The molecular weight excluding hydrogens is 338 g/mol. The summed E-state index contributed by atoms with van der Waals surface area (Å²) in [7, 11) is 5.00. The minimum absolute atomic E-state index is 0.0229. The topological polar surface area (TPSA) is 110 Å². The monoisotopic (exact) mass is 355 g/mol. The Hall–Kier alpha value is -3.49. The van der Waals surface area contributed by atoms with E-state index in [2.05, 4.69) is 20.3 Å². The Morgan fingerprint density at radius 3 is 2.73 bits per heavy atom. The van der Waals surface area contributed by atoms with E-state index >= 15 is 0 Å². The Kier molecular flexibility index (Phi) is 4.78. The molecule has 0 aliphatic carbocycles. The van der Waals surface area contributed by atoms with Gasteiger partial charge in [-0.2, -0.15) is 15.0 Å². The molecule has 0 spiro atoms. The van der Waals surface area contributed by atoms with E-state index in [1.165, 1.54) is 7.11 Å². The molecule has 3 rings (SSSR count). The lowest BCUT2D eigenvalue weighted by atomic mass is 10.2. The Labute approximate surface area is 148 Å². The Bertz CT molecular complexity index is 1020. The zero-order chi connectivity index (χ0) is 18.7. The molecule has 0 bridgehead atoms. The van der Waals surface area contributed by atoms with Gasteiger partial charge in [-0.25, -0.2) is 0 Å². The summed E-state index contributed by atoms with van der Waals surface area (Å²) in [6.45, 7) is 0.0229. The summed E-state index contributed by atoms with van der Waals surface area (Å²) < 4.78 is 10.5. The number of benzene rings is 1. The van der Waals surface area contributed by atoms with E-state index in [-0.39, 0.29) is 23.7 Å². The first-order valence-electron chi connectivity index (χ1n) is 7.75. The molecule has 2 aromatic heterocycles. The zero-order valence-electron chi connectivity index (χ0n) is 14.5. The maximum absolute atomic E-state index is 12.3. The van der Waals surface area contributed by atoms with E-state index in [0.717, 1.165) is 6.07 Å². The highest BCUT2D eigenvalue weighted by Crippen LogP contribution is 2.12. The number of rotatable bonds is 5. The molecule has 1 aromatic carbocycles. The van der Waals surface area contributed by atoms with Crippen molar-refractivity contribution in [1.82, 2.24) is 20.3 Å². The average Bonchev–Trinajstić information content (AvgIpc) is 2.65. The molecular formula is C17H17N5O4. The van der Waals surface area contributed by atoms with Gasteiger partial charge in [-0.05, 0) is 12.1 Å². The molecule has 0 unspecified atom stereocenters. The van der Waals surface area contributed by atoms with Crippen LogP contribution in [0.2, 0.25) is 0 Å². The third-order valence-electron chi connectivity index (χ3n) is 3.50. The van der Waals surface area contributed by atoms with Crippen molar-refractivity contribution in [2.75, 3.05) is 26.1 Å². The average molecular weight is 355 g/mol. The van der Waals surface area contributed by atoms with Crippen molar-refractivity contribution < 1.29 is 13.9 Å². The van der Waals surface area contributed by atoms with Crippen LogP contribution in [0.4, 0.5) is 5.95 Å². The molecule has 0 aliphatic rings. The van der Waals surface area contributed by atoms with Gasteiger partial charge in [-0.1, -0.05) is 12.1 Å². The first kappa shape index (κ1) is 17.3. The van der Waals surface area contributed by atoms with E-state index < -0.39 is 5.91 Å². The van der Waals surface area contributed by atoms with Gasteiger partial charge < -0.3 is 19.4 Å². The van der Waals surface area contributed by atoms with E-state index in [1.54, 1.807) is 43.3 Å². The number of fused-ring (bicyclic) bond motifs is 1. The molecule has 0 fully saturated rings. The number of carbonyl (C=O) groups excluding carboxylic acids is 1. The van der Waals surface area contributed by atoms with Crippen molar-refractivity contribution in [3.8, 4) is 6.01 Å². The van der Waals surface area contributed by atoms with Gasteiger partial charge in [0.1, 0.15) is 5.58 Å². The Morgan fingerprint density at radius 1 is 1.23 bits per heavy atom. The minimum Gasteiger partial charge on any atom is -0.467 e. The second-order valence-corrected chi connectivity index (χ2v) is 5.59. The van der Waals surface area contributed by atoms with Gasteiger partial charge in [0.25, 0.3) is 5.91 Å². The van der Waals surface area contributed by atoms with Crippen LogP contribution in [-0.4, -0.2) is 42.1 Å². The van der Waals surface area contributed by atoms with Gasteiger partial charge >= 0.3 is 6.01 Å². The lowest BCUT2D eigenvalue weighted by molar-refractivity contribution is 0.0922. The predicted octanol–water partition coefficient (Wildman–Crippen LogP) is 0.983. The highest BCUT2D eigenvalue weighted by Gasteiger charge is 2.14. The number of aromatic nitrogens is 3. The number of para-hydroxylation sites is 1. The van der Waals surface area contributed by atoms with Crippen LogP contribution in [0.1, 0.15) is 16.4 Å². The molecule has 26 heavy (non-hydrogen) atoms. The van der Waals surface area contributed by atoms with Crippen LogP contribution < -0.4 is 20.4 Å². The van der Waals surface area contributed by atoms with Gasteiger partial charge in [-0.3, -0.25) is 9.59 Å². The Morgan fingerprint density at radius 2 is 2.00 bits per heavy atom. The number of anilines is 1. The molecule has 0 saturated carbocycles. The number of carbonyl (C=O) groups is 1. The lowest BCUT2D eigenvalue weighted by Crippen LogP contribution is -2.26. The summed E-state index contributed by atoms with van der Waals surface area (Å²) in [5.41, 5.74) is 0.0654. The van der Waals surface area contributed by atoms with E-state index in [1.807, 2.05) is 0 Å². The first-order chi connectivity index (χ1) is 12.5. The van der Waals surface area contributed by atoms with Crippen LogP contribution in [-0.2, 0) is 6.54 Å². The first-order valence-corrected chi connectivity index (χ1v) is 7.75. The van der Waals surface area contributed by atoms with Crippen LogP contribution in [0.5, 0.6) is 6.01 Å². The highest BCUT2D eigenvalue weighted by atomic mass is 16.5. The van der Waals surface area contributed by atoms with Crippen molar-refractivity contribution in [3.05, 3.63) is 52.1 Å². The fourth-order valence-corrected chi connectivity index (χ4v) is 2.22. The third-order valence-corrected chi connectivity index (χ3v) is 3.50. The van der Waals surface area contributed by atoms with Crippen molar-refractivity contribution in [2.24, 2.45) is 0 Å². The SMILES string of the molecule is COc1nc(CNC(=O)c2cc(=O)c3ccccc3o2)nc(N(C)C)n1. The molecule has 3 aromatic rings. The number of methoxy groups -OCH3 is 1. The predicted molar refractivity (Wildman–Crippen MR) is 94.4 cm³/mol. The maximum atomic E-state index is 12.3. The zero-order valence-corrected chi connectivity index (χ0v) is 14.5. The van der Waals surface area contributed by atoms with Crippen molar-refractivity contribution >= 4 is 22.8 Å². The molecule has 0 radical (unpaired) electrons. The largest absolute Gasteiger partial charge is 0.467 e. The summed E-state index contributed by atoms with van der Waals surface area (Å²) in [5.74, 6) is 0.0940. The number of ether oxygens (including phenoxy) is 1. The van der Waals surface area contributed by atoms with Crippen molar-refractivity contribution in [2.45, 2.75) is 6.54 Å². The number of hydrogen-bond acceptors (Lipinski definition) is 8. The summed E-state index contributed by atoms with van der Waals surface area (Å²) in [5, 5.41) is 3.04. The van der Waals surface area contributed by atoms with Gasteiger partial charge in [0, 0.05) is 20.2 Å². The summed E-state index contributed by atoms with van der Waals surface area (Å²) >= 11 is 0. The lowest BCUT2D eigenvalue weighted by Gasteiger charge is -2.12. The van der Waals surface area contributed by atoms with Crippen LogP contribution in [0.15, 0.2) is 39.5 Å². The van der Waals surface area contributed by atoms with Gasteiger partial charge in [0.15, 0.2) is 17.0 Å². The number of hydrogen-bond donors (Lipinski definition) is 1. The number of nitrogens with zero attached hydrogens (tertiary/aromatic N) is 4. The van der Waals surface area contributed by atoms with Crippen LogP contribution in [0.25, 0.3) is 11.0 Å². The number of amides is 1.